The fourth-order valence-electron chi connectivity index (χ4n) is 3.19. The van der Waals surface area contributed by atoms with Crippen LogP contribution in [0.3, 0.4) is 0 Å². The summed E-state index contributed by atoms with van der Waals surface area (Å²) in [6, 6.07) is 7.62. The van der Waals surface area contributed by atoms with E-state index in [0.717, 1.165) is 11.3 Å². The minimum atomic E-state index is -0.0894. The van der Waals surface area contributed by atoms with Crippen LogP contribution in [0.5, 0.6) is 5.75 Å². The number of carbonyl (C=O) groups excluding carboxylic acids is 1. The molecule has 1 aromatic rings. The van der Waals surface area contributed by atoms with Crippen LogP contribution in [-0.4, -0.2) is 51.8 Å². The highest BCUT2D eigenvalue weighted by atomic mass is 16.5. The fourth-order valence-corrected chi connectivity index (χ4v) is 3.19. The number of carbonyl (C=O) groups is 1. The van der Waals surface area contributed by atoms with Gasteiger partial charge in [-0.25, -0.2) is 0 Å². The molecule has 1 fully saturated rings. The zero-order valence-electron chi connectivity index (χ0n) is 17.1. The van der Waals surface area contributed by atoms with Crippen LogP contribution in [0.1, 0.15) is 44.1 Å². The molecule has 0 aliphatic heterocycles. The summed E-state index contributed by atoms with van der Waals surface area (Å²) in [5.74, 6) is 1.31. The molecule has 0 heterocycles. The van der Waals surface area contributed by atoms with Crippen molar-refractivity contribution in [2.24, 2.45) is 4.99 Å². The van der Waals surface area contributed by atoms with Gasteiger partial charge in [0.1, 0.15) is 5.75 Å². The number of amides is 1. The molecule has 0 unspecified atom stereocenters. The Morgan fingerprint density at radius 2 is 1.79 bits per heavy atom. The van der Waals surface area contributed by atoms with Gasteiger partial charge >= 0.3 is 0 Å². The van der Waals surface area contributed by atoms with E-state index in [1.807, 2.05) is 24.3 Å². The minimum absolute atomic E-state index is 0.0894. The van der Waals surface area contributed by atoms with Crippen LogP contribution >= 0.6 is 0 Å². The molecule has 2 rings (SSSR count). The second kappa shape index (κ2) is 13.0. The van der Waals surface area contributed by atoms with E-state index in [0.29, 0.717) is 31.8 Å². The maximum absolute atomic E-state index is 12.0. The van der Waals surface area contributed by atoms with Crippen molar-refractivity contribution in [1.29, 1.82) is 0 Å². The third kappa shape index (κ3) is 8.61. The molecule has 1 amide bonds. The predicted molar refractivity (Wildman–Crippen MR) is 112 cm³/mol. The lowest BCUT2D eigenvalue weighted by Crippen LogP contribution is -2.44. The highest BCUT2D eigenvalue weighted by Gasteiger charge is 2.12. The van der Waals surface area contributed by atoms with Gasteiger partial charge in [0.15, 0.2) is 5.96 Å². The van der Waals surface area contributed by atoms with Gasteiger partial charge in [-0.2, -0.15) is 0 Å². The van der Waals surface area contributed by atoms with Crippen molar-refractivity contribution in [2.45, 2.75) is 51.2 Å². The lowest BCUT2D eigenvalue weighted by atomic mass is 10.1. The number of aliphatic imine (C=N–C) groups is 1. The number of ether oxygens (including phenoxy) is 2. The Morgan fingerprint density at radius 3 is 2.43 bits per heavy atom. The largest absolute Gasteiger partial charge is 0.497 e. The molecule has 0 radical (unpaired) electrons. The van der Waals surface area contributed by atoms with Gasteiger partial charge in [-0.1, -0.05) is 37.8 Å². The maximum atomic E-state index is 12.0. The molecule has 0 atom stereocenters. The SMILES string of the molecule is CN=C(NCCOC1CCCCCC1)NCC(=O)NCc1ccc(OC)cc1. The molecule has 1 aliphatic rings. The Balaban J connectivity index is 1.58. The Hall–Kier alpha value is -2.28. The molecule has 7 nitrogen and oxygen atoms in total. The summed E-state index contributed by atoms with van der Waals surface area (Å²) in [5, 5.41) is 9.09. The van der Waals surface area contributed by atoms with Crippen LogP contribution in [0.4, 0.5) is 0 Å². The van der Waals surface area contributed by atoms with Gasteiger partial charge in [-0.15, -0.1) is 0 Å². The van der Waals surface area contributed by atoms with Crippen molar-refractivity contribution in [3.05, 3.63) is 29.8 Å². The second-order valence-electron chi connectivity index (χ2n) is 6.96. The van der Waals surface area contributed by atoms with Crippen molar-refractivity contribution in [3.8, 4) is 5.75 Å². The number of methoxy groups -OCH3 is 1. The summed E-state index contributed by atoms with van der Waals surface area (Å²) in [6.07, 6.45) is 7.93. The summed E-state index contributed by atoms with van der Waals surface area (Å²) < 4.78 is 11.1. The second-order valence-corrected chi connectivity index (χ2v) is 6.96. The van der Waals surface area contributed by atoms with Crippen molar-refractivity contribution >= 4 is 11.9 Å². The average Bonchev–Trinajstić information content (AvgIpc) is 3.01. The maximum Gasteiger partial charge on any atom is 0.239 e. The van der Waals surface area contributed by atoms with Crippen molar-refractivity contribution in [2.75, 3.05) is 33.9 Å². The molecule has 0 aromatic heterocycles. The summed E-state index contributed by atoms with van der Waals surface area (Å²) in [7, 11) is 3.32. The van der Waals surface area contributed by atoms with E-state index in [1.54, 1.807) is 14.2 Å². The molecule has 1 aliphatic carbocycles. The summed E-state index contributed by atoms with van der Waals surface area (Å²) in [4.78, 5) is 16.2. The Labute approximate surface area is 168 Å². The number of nitrogens with zero attached hydrogens (tertiary/aromatic N) is 1. The summed E-state index contributed by atoms with van der Waals surface area (Å²) in [6.45, 7) is 1.96. The zero-order chi connectivity index (χ0) is 20.0. The molecule has 0 spiro atoms. The number of rotatable bonds is 9. The third-order valence-electron chi connectivity index (χ3n) is 4.84. The molecule has 0 saturated heterocycles. The minimum Gasteiger partial charge on any atom is -0.497 e. The van der Waals surface area contributed by atoms with Gasteiger partial charge in [-0.3, -0.25) is 9.79 Å². The number of hydrogen-bond donors (Lipinski definition) is 3. The van der Waals surface area contributed by atoms with Crippen LogP contribution < -0.4 is 20.7 Å². The highest BCUT2D eigenvalue weighted by molar-refractivity contribution is 5.86. The predicted octanol–water partition coefficient (Wildman–Crippen LogP) is 2.22. The van der Waals surface area contributed by atoms with Gasteiger partial charge in [0, 0.05) is 20.1 Å². The molecular formula is C21H34N4O3. The topological polar surface area (TPSA) is 84.0 Å². The smallest absolute Gasteiger partial charge is 0.239 e. The third-order valence-corrected chi connectivity index (χ3v) is 4.84. The number of hydrogen-bond acceptors (Lipinski definition) is 4. The van der Waals surface area contributed by atoms with Crippen LogP contribution in [-0.2, 0) is 16.1 Å². The number of nitrogens with one attached hydrogen (secondary N) is 3. The van der Waals surface area contributed by atoms with Gasteiger partial charge < -0.3 is 25.4 Å². The molecule has 3 N–H and O–H groups in total. The van der Waals surface area contributed by atoms with Crippen LogP contribution in [0.2, 0.25) is 0 Å². The first-order valence-electron chi connectivity index (χ1n) is 10.2. The molecule has 0 bridgehead atoms. The summed E-state index contributed by atoms with van der Waals surface area (Å²) in [5.41, 5.74) is 1.02. The van der Waals surface area contributed by atoms with E-state index in [2.05, 4.69) is 20.9 Å². The van der Waals surface area contributed by atoms with E-state index < -0.39 is 0 Å². The van der Waals surface area contributed by atoms with E-state index in [4.69, 9.17) is 9.47 Å². The average molecular weight is 391 g/mol. The normalized spacial score (nSPS) is 15.6. The van der Waals surface area contributed by atoms with Crippen LogP contribution in [0.25, 0.3) is 0 Å². The van der Waals surface area contributed by atoms with Gasteiger partial charge in [0.25, 0.3) is 0 Å². The van der Waals surface area contributed by atoms with Gasteiger partial charge in [0.05, 0.1) is 26.4 Å². The lowest BCUT2D eigenvalue weighted by Gasteiger charge is -2.16. The van der Waals surface area contributed by atoms with Crippen molar-refractivity contribution < 1.29 is 14.3 Å². The Kier molecular flexibility index (Phi) is 10.2. The van der Waals surface area contributed by atoms with Crippen molar-refractivity contribution in [3.63, 3.8) is 0 Å². The van der Waals surface area contributed by atoms with E-state index in [-0.39, 0.29) is 12.5 Å². The fraction of sp³-hybridized carbons (Fsp3) is 0.619. The molecule has 28 heavy (non-hydrogen) atoms. The Bertz CT molecular complexity index is 596. The number of guanidine groups is 1. The highest BCUT2D eigenvalue weighted by Crippen LogP contribution is 2.19. The molecular weight excluding hydrogens is 356 g/mol. The standard InChI is InChI=1S/C21H34N4O3/c1-22-21(23-13-14-28-19-7-5-3-4-6-8-19)25-16-20(26)24-15-17-9-11-18(27-2)12-10-17/h9-12,19H,3-8,13-16H2,1-2H3,(H,24,26)(H2,22,23,25). The first kappa shape index (κ1) is 22.0. The van der Waals surface area contributed by atoms with E-state index >= 15 is 0 Å². The van der Waals surface area contributed by atoms with E-state index in [1.165, 1.54) is 38.5 Å². The quantitative estimate of drug-likeness (QED) is 0.261. The molecule has 156 valence electrons. The van der Waals surface area contributed by atoms with Crippen molar-refractivity contribution in [1.82, 2.24) is 16.0 Å². The molecule has 7 heteroatoms. The van der Waals surface area contributed by atoms with Gasteiger partial charge in [0.2, 0.25) is 5.91 Å². The lowest BCUT2D eigenvalue weighted by molar-refractivity contribution is -0.120. The zero-order valence-corrected chi connectivity index (χ0v) is 17.1. The van der Waals surface area contributed by atoms with Gasteiger partial charge in [-0.05, 0) is 30.5 Å². The first-order chi connectivity index (χ1) is 13.7. The number of benzene rings is 1. The first-order valence-corrected chi connectivity index (χ1v) is 10.2. The molecule has 1 saturated carbocycles. The monoisotopic (exact) mass is 390 g/mol. The summed E-state index contributed by atoms with van der Waals surface area (Å²) >= 11 is 0. The van der Waals surface area contributed by atoms with Crippen LogP contribution in [0, 0.1) is 0 Å². The van der Waals surface area contributed by atoms with E-state index in [9.17, 15) is 4.79 Å². The Morgan fingerprint density at radius 1 is 1.07 bits per heavy atom. The van der Waals surface area contributed by atoms with Crippen LogP contribution in [0.15, 0.2) is 29.3 Å². The molecule has 1 aromatic carbocycles.